The van der Waals surface area contributed by atoms with E-state index in [0.717, 1.165) is 36.6 Å². The van der Waals surface area contributed by atoms with Gasteiger partial charge in [0.05, 0.1) is 11.6 Å². The summed E-state index contributed by atoms with van der Waals surface area (Å²) in [6, 6.07) is 11.4. The van der Waals surface area contributed by atoms with Crippen molar-refractivity contribution >= 4 is 17.4 Å². The van der Waals surface area contributed by atoms with Crippen molar-refractivity contribution in [3.63, 3.8) is 0 Å². The number of piperidine rings is 1. The fourth-order valence-electron chi connectivity index (χ4n) is 4.23. The minimum Gasteiger partial charge on any atom is -0.486 e. The standard InChI is InChI=1S/C23H26N6O3/c1-15-12-16(2)29(27-15)22-8-7-21(25-26-22)28-9-3-4-17(14-28)23(30)24-18-5-6-19-20(13-18)32-11-10-31-19/h5-8,12-13,17H,3-4,9-11,14H2,1-2H3,(H,24,30)/t17-/m1/s1. The van der Waals surface area contributed by atoms with Crippen molar-refractivity contribution in [3.05, 3.63) is 47.8 Å². The van der Waals surface area contributed by atoms with Crippen molar-refractivity contribution in [3.8, 4) is 17.3 Å². The number of hydrogen-bond acceptors (Lipinski definition) is 7. The molecular weight excluding hydrogens is 408 g/mol. The van der Waals surface area contributed by atoms with Crippen molar-refractivity contribution in [1.82, 2.24) is 20.0 Å². The van der Waals surface area contributed by atoms with Crippen LogP contribution in [0.1, 0.15) is 24.2 Å². The average Bonchev–Trinajstić information content (AvgIpc) is 3.17. The molecule has 5 rings (SSSR count). The zero-order valence-electron chi connectivity index (χ0n) is 18.2. The van der Waals surface area contributed by atoms with Crippen LogP contribution in [0.3, 0.4) is 0 Å². The maximum atomic E-state index is 12.9. The maximum absolute atomic E-state index is 12.9. The summed E-state index contributed by atoms with van der Waals surface area (Å²) in [5, 5.41) is 16.2. The number of ether oxygens (including phenoxy) is 2. The first kappa shape index (κ1) is 20.3. The number of benzene rings is 1. The largest absolute Gasteiger partial charge is 0.486 e. The van der Waals surface area contributed by atoms with Crippen molar-refractivity contribution in [2.24, 2.45) is 5.92 Å². The van der Waals surface area contributed by atoms with E-state index >= 15 is 0 Å². The number of aryl methyl sites for hydroxylation is 2. The lowest BCUT2D eigenvalue weighted by molar-refractivity contribution is -0.120. The highest BCUT2D eigenvalue weighted by Crippen LogP contribution is 2.33. The van der Waals surface area contributed by atoms with E-state index in [0.29, 0.717) is 42.8 Å². The van der Waals surface area contributed by atoms with Crippen LogP contribution < -0.4 is 19.7 Å². The highest BCUT2D eigenvalue weighted by Gasteiger charge is 2.27. The zero-order valence-corrected chi connectivity index (χ0v) is 18.2. The molecule has 166 valence electrons. The summed E-state index contributed by atoms with van der Waals surface area (Å²) in [6.45, 7) is 6.45. The van der Waals surface area contributed by atoms with Crippen LogP contribution in [-0.2, 0) is 4.79 Å². The number of aromatic nitrogens is 4. The van der Waals surface area contributed by atoms with Crippen LogP contribution in [-0.4, -0.2) is 52.2 Å². The Morgan fingerprint density at radius 3 is 2.56 bits per heavy atom. The van der Waals surface area contributed by atoms with Gasteiger partial charge in [-0.1, -0.05) is 0 Å². The molecule has 0 saturated carbocycles. The minimum absolute atomic E-state index is 0.00130. The van der Waals surface area contributed by atoms with E-state index in [2.05, 4.69) is 25.5 Å². The molecule has 9 nitrogen and oxygen atoms in total. The van der Waals surface area contributed by atoms with Crippen LogP contribution in [0.2, 0.25) is 0 Å². The van der Waals surface area contributed by atoms with E-state index in [-0.39, 0.29) is 11.8 Å². The summed E-state index contributed by atoms with van der Waals surface area (Å²) >= 11 is 0. The van der Waals surface area contributed by atoms with Gasteiger partial charge in [0.25, 0.3) is 0 Å². The number of carbonyl (C=O) groups is 1. The molecule has 3 aromatic rings. The van der Waals surface area contributed by atoms with Crippen molar-refractivity contribution in [1.29, 1.82) is 0 Å². The van der Waals surface area contributed by atoms with Gasteiger partial charge in [-0.3, -0.25) is 4.79 Å². The molecule has 0 bridgehead atoms. The second-order valence-corrected chi connectivity index (χ2v) is 8.22. The Morgan fingerprint density at radius 2 is 1.81 bits per heavy atom. The van der Waals surface area contributed by atoms with Crippen LogP contribution in [0.4, 0.5) is 11.5 Å². The summed E-state index contributed by atoms with van der Waals surface area (Å²) in [5.41, 5.74) is 2.67. The molecular formula is C23H26N6O3. The van der Waals surface area contributed by atoms with E-state index in [1.54, 1.807) is 4.68 Å². The fourth-order valence-corrected chi connectivity index (χ4v) is 4.23. The molecule has 1 atom stereocenters. The molecule has 4 heterocycles. The van der Waals surface area contributed by atoms with Crippen LogP contribution >= 0.6 is 0 Å². The van der Waals surface area contributed by atoms with Gasteiger partial charge in [-0.15, -0.1) is 10.2 Å². The molecule has 0 spiro atoms. The Morgan fingerprint density at radius 1 is 1.03 bits per heavy atom. The third kappa shape index (κ3) is 4.10. The number of nitrogens with one attached hydrogen (secondary N) is 1. The molecule has 2 aliphatic heterocycles. The average molecular weight is 435 g/mol. The van der Waals surface area contributed by atoms with Crippen LogP contribution in [0.5, 0.6) is 11.5 Å². The molecule has 1 fully saturated rings. The first-order valence-corrected chi connectivity index (χ1v) is 10.9. The number of anilines is 2. The first-order chi connectivity index (χ1) is 15.6. The first-order valence-electron chi connectivity index (χ1n) is 10.9. The van der Waals surface area contributed by atoms with E-state index in [9.17, 15) is 4.79 Å². The number of amides is 1. The summed E-state index contributed by atoms with van der Waals surface area (Å²) in [7, 11) is 0. The third-order valence-corrected chi connectivity index (χ3v) is 5.79. The Hall–Kier alpha value is -3.62. The lowest BCUT2D eigenvalue weighted by atomic mass is 9.97. The zero-order chi connectivity index (χ0) is 22.1. The van der Waals surface area contributed by atoms with E-state index in [1.807, 2.05) is 50.2 Å². The van der Waals surface area contributed by atoms with Gasteiger partial charge in [0.15, 0.2) is 23.1 Å². The maximum Gasteiger partial charge on any atom is 0.229 e. The number of nitrogens with zero attached hydrogens (tertiary/aromatic N) is 5. The Balaban J connectivity index is 1.25. The van der Waals surface area contributed by atoms with E-state index in [1.165, 1.54) is 0 Å². The SMILES string of the molecule is Cc1cc(C)n(-c2ccc(N3CCC[C@@H](C(=O)Nc4ccc5c(c4)OCCO5)C3)nn2)n1. The molecule has 2 aromatic heterocycles. The highest BCUT2D eigenvalue weighted by molar-refractivity contribution is 5.93. The van der Waals surface area contributed by atoms with Gasteiger partial charge < -0.3 is 19.7 Å². The van der Waals surface area contributed by atoms with Crippen LogP contribution in [0, 0.1) is 19.8 Å². The van der Waals surface area contributed by atoms with Crippen LogP contribution in [0.15, 0.2) is 36.4 Å². The van der Waals surface area contributed by atoms with E-state index in [4.69, 9.17) is 9.47 Å². The molecule has 1 N–H and O–H groups in total. The number of rotatable bonds is 4. The monoisotopic (exact) mass is 434 g/mol. The number of carbonyl (C=O) groups excluding carboxylic acids is 1. The van der Waals surface area contributed by atoms with Gasteiger partial charge in [-0.2, -0.15) is 5.10 Å². The van der Waals surface area contributed by atoms with Gasteiger partial charge in [0.1, 0.15) is 13.2 Å². The van der Waals surface area contributed by atoms with Gasteiger partial charge >= 0.3 is 0 Å². The van der Waals surface area contributed by atoms with E-state index < -0.39 is 0 Å². The Bertz CT molecular complexity index is 1130. The third-order valence-electron chi connectivity index (χ3n) is 5.79. The van der Waals surface area contributed by atoms with Crippen LogP contribution in [0.25, 0.3) is 5.82 Å². The molecule has 0 radical (unpaired) electrons. The number of hydrogen-bond donors (Lipinski definition) is 1. The Labute approximate surface area is 186 Å². The second kappa shape index (κ2) is 8.49. The van der Waals surface area contributed by atoms with Gasteiger partial charge in [0.2, 0.25) is 5.91 Å². The molecule has 1 aromatic carbocycles. The molecule has 32 heavy (non-hydrogen) atoms. The predicted molar refractivity (Wildman–Crippen MR) is 120 cm³/mol. The molecule has 9 heteroatoms. The minimum atomic E-state index is -0.130. The summed E-state index contributed by atoms with van der Waals surface area (Å²) in [4.78, 5) is 15.1. The summed E-state index contributed by atoms with van der Waals surface area (Å²) in [5.74, 6) is 2.70. The van der Waals surface area contributed by atoms with Gasteiger partial charge in [0, 0.05) is 30.5 Å². The Kier molecular flexibility index (Phi) is 5.38. The van der Waals surface area contributed by atoms with Gasteiger partial charge in [-0.05, 0) is 57.0 Å². The van der Waals surface area contributed by atoms with Crippen molar-refractivity contribution in [2.45, 2.75) is 26.7 Å². The quantitative estimate of drug-likeness (QED) is 0.675. The fraction of sp³-hybridized carbons (Fsp3) is 0.391. The molecule has 1 saturated heterocycles. The smallest absolute Gasteiger partial charge is 0.229 e. The predicted octanol–water partition coefficient (Wildman–Crippen LogP) is 2.91. The van der Waals surface area contributed by atoms with Crippen molar-refractivity contribution < 1.29 is 14.3 Å². The molecule has 0 unspecified atom stereocenters. The molecule has 2 aliphatic rings. The lowest BCUT2D eigenvalue weighted by Crippen LogP contribution is -2.41. The summed E-state index contributed by atoms with van der Waals surface area (Å²) in [6.07, 6.45) is 1.75. The number of fused-ring (bicyclic) bond motifs is 1. The normalized spacial score (nSPS) is 17.8. The second-order valence-electron chi connectivity index (χ2n) is 8.22. The molecule has 1 amide bonds. The van der Waals surface area contributed by atoms with Gasteiger partial charge in [-0.25, -0.2) is 4.68 Å². The summed E-state index contributed by atoms with van der Waals surface area (Å²) < 4.78 is 12.9. The highest BCUT2D eigenvalue weighted by atomic mass is 16.6. The topological polar surface area (TPSA) is 94.4 Å². The molecule has 0 aliphatic carbocycles. The van der Waals surface area contributed by atoms with Crippen molar-refractivity contribution in [2.75, 3.05) is 36.5 Å². The lowest BCUT2D eigenvalue weighted by Gasteiger charge is -2.32.